The van der Waals surface area contributed by atoms with Crippen LogP contribution in [0.3, 0.4) is 0 Å². The van der Waals surface area contributed by atoms with Crippen molar-refractivity contribution in [1.29, 1.82) is 0 Å². The van der Waals surface area contributed by atoms with Crippen LogP contribution in [0, 0.1) is 17.8 Å². The third kappa shape index (κ3) is 23.2. The number of amides is 9. The standard InChI is InChI=1S/C50H78N10O17/c1-24(2)19-30(51)42(68)53-31(14-16-38(52)63)43(69)55-34(22-28-10-12-29(62)13-11-28)45(71)56-35(23-40(66)67)46(72)54-32(15-17-39(64)65)44(70)58-36(21-26(5)6)49(75)60-18-8-9-37(60)48(74)57-33(20-25(3)4)47(73)59-41(27(7)61)50(76)77/h10-13,24-27,30-37,41,61-62H,8-9,14-23,51H2,1-7H3,(H2,52,63)(H,53,68)(H,54,72)(H,55,69)(H,56,71)(H,57,74)(H,58,70)(H,59,73)(H,64,65)(H,66,67)(H,76,77)/t27-,30+,31+,32+,33+,34+,35+,36+,37+,41+/m1/s1. The van der Waals surface area contributed by atoms with Crippen LogP contribution in [0.5, 0.6) is 5.75 Å². The van der Waals surface area contributed by atoms with Crippen molar-refractivity contribution >= 4 is 71.1 Å². The van der Waals surface area contributed by atoms with Crippen LogP contribution in [0.15, 0.2) is 24.3 Å². The number of hydrogen-bond donors (Lipinski definition) is 14. The van der Waals surface area contributed by atoms with Crippen LogP contribution in [-0.2, 0) is 64.0 Å². The maximum atomic E-state index is 14.4. The number of carbonyl (C=O) groups excluding carboxylic acids is 9. The highest BCUT2D eigenvalue weighted by atomic mass is 16.4. The van der Waals surface area contributed by atoms with Gasteiger partial charge in [-0.2, -0.15) is 0 Å². The fourth-order valence-electron chi connectivity index (χ4n) is 8.35. The maximum Gasteiger partial charge on any atom is 0.328 e. The monoisotopic (exact) mass is 1090 g/mol. The highest BCUT2D eigenvalue weighted by Gasteiger charge is 2.41. The number of nitrogens with zero attached hydrogens (tertiary/aromatic N) is 1. The van der Waals surface area contributed by atoms with E-state index in [1.54, 1.807) is 27.7 Å². The number of hydrogen-bond acceptors (Lipinski definition) is 15. The number of nitrogens with one attached hydrogen (secondary N) is 7. The Morgan fingerprint density at radius 3 is 1.56 bits per heavy atom. The molecule has 27 nitrogen and oxygen atoms in total. The summed E-state index contributed by atoms with van der Waals surface area (Å²) < 4.78 is 0. The topological polar surface area (TPSA) is 445 Å². The fourth-order valence-corrected chi connectivity index (χ4v) is 8.35. The Hall–Kier alpha value is -7.42. The minimum Gasteiger partial charge on any atom is -0.508 e. The molecule has 0 aliphatic carbocycles. The zero-order valence-electron chi connectivity index (χ0n) is 44.5. The summed E-state index contributed by atoms with van der Waals surface area (Å²) in [6, 6.07) is -8.23. The first-order valence-corrected chi connectivity index (χ1v) is 25.5. The second-order valence-electron chi connectivity index (χ2n) is 20.5. The normalized spacial score (nSPS) is 16.8. The highest BCUT2D eigenvalue weighted by molar-refractivity contribution is 5.99. The molecule has 1 fully saturated rings. The van der Waals surface area contributed by atoms with E-state index in [-0.39, 0.29) is 68.6 Å². The summed E-state index contributed by atoms with van der Waals surface area (Å²) in [6.45, 7) is 11.7. The van der Waals surface area contributed by atoms with Crippen molar-refractivity contribution in [1.82, 2.24) is 42.1 Å². The average molecular weight is 1090 g/mol. The number of carboxylic acids is 3. The minimum atomic E-state index is -2.01. The molecule has 0 spiro atoms. The van der Waals surface area contributed by atoms with Gasteiger partial charge in [0, 0.05) is 25.8 Å². The maximum absolute atomic E-state index is 14.4. The first-order chi connectivity index (χ1) is 35.9. The lowest BCUT2D eigenvalue weighted by atomic mass is 10.00. The van der Waals surface area contributed by atoms with Crippen LogP contribution in [0.25, 0.3) is 0 Å². The number of rotatable bonds is 33. The Bertz CT molecular complexity index is 2260. The third-order valence-corrected chi connectivity index (χ3v) is 12.2. The molecule has 1 aromatic rings. The highest BCUT2D eigenvalue weighted by Crippen LogP contribution is 2.22. The molecule has 77 heavy (non-hydrogen) atoms. The summed E-state index contributed by atoms with van der Waals surface area (Å²) in [4.78, 5) is 159. The van der Waals surface area contributed by atoms with E-state index in [4.69, 9.17) is 11.5 Å². The van der Waals surface area contributed by atoms with E-state index in [9.17, 15) is 83.1 Å². The van der Waals surface area contributed by atoms with Crippen molar-refractivity contribution in [3.05, 3.63) is 29.8 Å². The summed E-state index contributed by atoms with van der Waals surface area (Å²) in [5.41, 5.74) is 11.7. The molecule has 27 heteroatoms. The van der Waals surface area contributed by atoms with Gasteiger partial charge in [-0.25, -0.2) is 4.79 Å². The quantitative estimate of drug-likeness (QED) is 0.0357. The fraction of sp³-hybridized carbons (Fsp3) is 0.640. The van der Waals surface area contributed by atoms with Gasteiger partial charge in [0.05, 0.1) is 18.6 Å². The molecule has 1 saturated heterocycles. The summed E-state index contributed by atoms with van der Waals surface area (Å²) in [5.74, 6) is -13.8. The van der Waals surface area contributed by atoms with E-state index in [1.807, 2.05) is 13.8 Å². The van der Waals surface area contributed by atoms with E-state index in [2.05, 4.69) is 37.2 Å². The van der Waals surface area contributed by atoms with E-state index in [1.165, 1.54) is 29.2 Å². The number of phenols is 1. The van der Waals surface area contributed by atoms with Crippen LogP contribution in [0.1, 0.15) is 118 Å². The molecular formula is C50H78N10O17. The van der Waals surface area contributed by atoms with Crippen LogP contribution in [0.2, 0.25) is 0 Å². The van der Waals surface area contributed by atoms with Crippen molar-refractivity contribution in [2.24, 2.45) is 29.2 Å². The number of aliphatic hydroxyl groups excluding tert-OH is 1. The van der Waals surface area contributed by atoms with Crippen LogP contribution in [-0.4, -0.2) is 169 Å². The molecule has 1 aliphatic heterocycles. The van der Waals surface area contributed by atoms with Gasteiger partial charge in [0.1, 0.15) is 48.0 Å². The molecule has 430 valence electrons. The molecule has 0 bridgehead atoms. The molecule has 9 amide bonds. The lowest BCUT2D eigenvalue weighted by Crippen LogP contribution is -2.61. The van der Waals surface area contributed by atoms with Crippen LogP contribution >= 0.6 is 0 Å². The Labute approximate surface area is 446 Å². The smallest absolute Gasteiger partial charge is 0.328 e. The summed E-state index contributed by atoms with van der Waals surface area (Å²) in [7, 11) is 0. The molecule has 10 atom stereocenters. The predicted molar refractivity (Wildman–Crippen MR) is 273 cm³/mol. The lowest BCUT2D eigenvalue weighted by molar-refractivity contribution is -0.146. The average Bonchev–Trinajstić information content (AvgIpc) is 3.82. The van der Waals surface area contributed by atoms with E-state index < -0.39 is 157 Å². The number of aliphatic hydroxyl groups is 1. The van der Waals surface area contributed by atoms with E-state index in [0.29, 0.717) is 12.0 Å². The third-order valence-electron chi connectivity index (χ3n) is 12.2. The van der Waals surface area contributed by atoms with Gasteiger partial charge in [-0.3, -0.25) is 52.7 Å². The first-order valence-electron chi connectivity index (χ1n) is 25.5. The van der Waals surface area contributed by atoms with Gasteiger partial charge >= 0.3 is 17.9 Å². The van der Waals surface area contributed by atoms with Crippen molar-refractivity contribution in [3.8, 4) is 5.75 Å². The zero-order valence-corrected chi connectivity index (χ0v) is 44.5. The molecule has 0 unspecified atom stereocenters. The number of phenolic OH excluding ortho intramolecular Hbond substituents is 1. The van der Waals surface area contributed by atoms with Crippen molar-refractivity contribution < 1.29 is 83.1 Å². The van der Waals surface area contributed by atoms with Crippen molar-refractivity contribution in [2.45, 2.75) is 180 Å². The van der Waals surface area contributed by atoms with E-state index >= 15 is 0 Å². The Kier molecular flexibility index (Phi) is 26.9. The Morgan fingerprint density at radius 2 is 1.05 bits per heavy atom. The summed E-state index contributed by atoms with van der Waals surface area (Å²) >= 11 is 0. The number of carboxylic acid groups (broad SMARTS) is 3. The molecule has 16 N–H and O–H groups in total. The van der Waals surface area contributed by atoms with Gasteiger partial charge in [0.15, 0.2) is 6.04 Å². The summed E-state index contributed by atoms with van der Waals surface area (Å²) in [6.07, 6.45) is -4.40. The van der Waals surface area contributed by atoms with Gasteiger partial charge in [-0.05, 0) is 87.3 Å². The number of aliphatic carboxylic acids is 3. The molecule has 1 aliphatic rings. The number of primary amides is 1. The Morgan fingerprint density at radius 1 is 0.584 bits per heavy atom. The van der Waals surface area contributed by atoms with Gasteiger partial charge in [-0.15, -0.1) is 0 Å². The molecular weight excluding hydrogens is 1010 g/mol. The largest absolute Gasteiger partial charge is 0.508 e. The molecule has 0 aromatic heterocycles. The number of benzene rings is 1. The lowest BCUT2D eigenvalue weighted by Gasteiger charge is -2.32. The number of nitrogens with two attached hydrogens (primary N) is 2. The second-order valence-corrected chi connectivity index (χ2v) is 20.5. The number of likely N-dealkylation sites (tertiary alicyclic amines) is 1. The molecule has 0 radical (unpaired) electrons. The van der Waals surface area contributed by atoms with Gasteiger partial charge in [-0.1, -0.05) is 53.7 Å². The van der Waals surface area contributed by atoms with Crippen molar-refractivity contribution in [3.63, 3.8) is 0 Å². The number of aromatic hydroxyl groups is 1. The predicted octanol–water partition coefficient (Wildman–Crippen LogP) is -2.14. The van der Waals surface area contributed by atoms with Crippen molar-refractivity contribution in [2.75, 3.05) is 6.54 Å². The number of carbonyl (C=O) groups is 12. The first kappa shape index (κ1) is 65.7. The molecule has 2 rings (SSSR count). The molecule has 1 heterocycles. The SMILES string of the molecule is CC(C)C[C@H](NC(=O)[C@@H]1CCCN1C(=O)[C@H](CC(C)C)NC(=O)[C@H](CCC(=O)O)NC(=O)[C@H](CC(=O)O)NC(=O)[C@H](Cc1ccc(O)cc1)NC(=O)[C@H](CCC(N)=O)NC(=O)[C@@H](N)CC(C)C)C(=O)N[C@H](C(=O)O)[C@@H](C)O. The molecule has 0 saturated carbocycles. The zero-order chi connectivity index (χ0) is 58.4. The Balaban J connectivity index is 2.48. The second kappa shape index (κ2) is 31.6. The van der Waals surface area contributed by atoms with Gasteiger partial charge < -0.3 is 79.1 Å². The van der Waals surface area contributed by atoms with E-state index in [0.717, 1.165) is 6.92 Å². The summed E-state index contributed by atoms with van der Waals surface area (Å²) in [5, 5.41) is 65.7. The van der Waals surface area contributed by atoms with Crippen LogP contribution < -0.4 is 48.7 Å². The van der Waals surface area contributed by atoms with Gasteiger partial charge in [0.25, 0.3) is 0 Å². The van der Waals surface area contributed by atoms with Crippen LogP contribution in [0.4, 0.5) is 0 Å². The molecule has 1 aromatic carbocycles. The van der Waals surface area contributed by atoms with Gasteiger partial charge in [0.2, 0.25) is 53.2 Å². The minimum absolute atomic E-state index is 0.0185.